The summed E-state index contributed by atoms with van der Waals surface area (Å²) in [5.74, 6) is -2.50. The van der Waals surface area contributed by atoms with Gasteiger partial charge in [-0.3, -0.25) is 0 Å². The molecule has 7 heteroatoms. The summed E-state index contributed by atoms with van der Waals surface area (Å²) in [7, 11) is -3.80. The van der Waals surface area contributed by atoms with Gasteiger partial charge in [-0.2, -0.15) is 0 Å². The molecule has 3 rings (SSSR count). The van der Waals surface area contributed by atoms with Crippen molar-refractivity contribution in [1.29, 1.82) is 0 Å². The minimum Gasteiger partial charge on any atom is -0.478 e. The van der Waals surface area contributed by atoms with E-state index in [1.54, 1.807) is 18.2 Å². The lowest BCUT2D eigenvalue weighted by Crippen LogP contribution is -2.03. The molecule has 0 atom stereocenters. The van der Waals surface area contributed by atoms with Crippen molar-refractivity contribution in [2.45, 2.75) is 9.79 Å². The molecule has 0 amide bonds. The number of rotatable bonds is 5. The summed E-state index contributed by atoms with van der Waals surface area (Å²) in [4.78, 5) is 10.9. The number of halogens is 2. The topological polar surface area (TPSA) is 71.4 Å². The van der Waals surface area contributed by atoms with Gasteiger partial charge in [-0.05, 0) is 54.1 Å². The standard InChI is InChI=1S/C21H14F2O4S/c22-17-8-5-15(20(23)13-17)4-1-14-2-9-18(10-3-14)28(26,27)19-11-6-16(7-12-19)21(24)25/h1-13H,(H,24,25)/b4-1+. The van der Waals surface area contributed by atoms with E-state index in [1.165, 1.54) is 48.5 Å². The Morgan fingerprint density at radius 3 is 1.93 bits per heavy atom. The van der Waals surface area contributed by atoms with Crippen LogP contribution in [-0.2, 0) is 9.84 Å². The molecule has 0 aromatic heterocycles. The van der Waals surface area contributed by atoms with E-state index >= 15 is 0 Å². The second-order valence-electron chi connectivity index (χ2n) is 5.90. The van der Waals surface area contributed by atoms with Crippen LogP contribution in [0.1, 0.15) is 21.5 Å². The molecular formula is C21H14F2O4S. The molecule has 0 spiro atoms. The van der Waals surface area contributed by atoms with Crippen molar-refractivity contribution >= 4 is 28.0 Å². The van der Waals surface area contributed by atoms with Crippen molar-refractivity contribution in [2.75, 3.05) is 0 Å². The van der Waals surface area contributed by atoms with E-state index in [4.69, 9.17) is 5.11 Å². The van der Waals surface area contributed by atoms with E-state index in [-0.39, 0.29) is 20.9 Å². The monoisotopic (exact) mass is 400 g/mol. The first-order valence-electron chi connectivity index (χ1n) is 8.09. The maximum atomic E-state index is 13.6. The lowest BCUT2D eigenvalue weighted by atomic mass is 10.1. The Bertz CT molecular complexity index is 1150. The Morgan fingerprint density at radius 2 is 1.39 bits per heavy atom. The highest BCUT2D eigenvalue weighted by atomic mass is 32.2. The Hall–Kier alpha value is -3.32. The molecule has 0 bridgehead atoms. The summed E-state index contributed by atoms with van der Waals surface area (Å²) >= 11 is 0. The van der Waals surface area contributed by atoms with Gasteiger partial charge in [-0.1, -0.05) is 24.3 Å². The third kappa shape index (κ3) is 4.15. The number of benzene rings is 3. The predicted molar refractivity (Wildman–Crippen MR) is 101 cm³/mol. The normalized spacial score (nSPS) is 11.6. The summed E-state index contributed by atoms with van der Waals surface area (Å²) < 4.78 is 51.8. The van der Waals surface area contributed by atoms with Crippen LogP contribution in [0.4, 0.5) is 8.78 Å². The first-order chi connectivity index (χ1) is 13.3. The van der Waals surface area contributed by atoms with Crippen molar-refractivity contribution in [3.8, 4) is 0 Å². The average Bonchev–Trinajstić information content (AvgIpc) is 2.67. The highest BCUT2D eigenvalue weighted by Gasteiger charge is 2.17. The van der Waals surface area contributed by atoms with Crippen LogP contribution in [0.25, 0.3) is 12.2 Å². The molecule has 0 unspecified atom stereocenters. The molecule has 0 aliphatic carbocycles. The van der Waals surface area contributed by atoms with Gasteiger partial charge in [0, 0.05) is 11.6 Å². The van der Waals surface area contributed by atoms with Crippen LogP contribution in [0.15, 0.2) is 76.5 Å². The maximum Gasteiger partial charge on any atom is 0.335 e. The number of carboxylic acids is 1. The lowest BCUT2D eigenvalue weighted by molar-refractivity contribution is 0.0696. The Morgan fingerprint density at radius 1 is 0.821 bits per heavy atom. The summed E-state index contributed by atoms with van der Waals surface area (Å²) in [6, 6.07) is 14.1. The molecule has 0 radical (unpaired) electrons. The Labute approximate surface area is 160 Å². The number of sulfone groups is 1. The molecule has 1 N–H and O–H groups in total. The predicted octanol–water partition coefficient (Wildman–Crippen LogP) is 4.67. The van der Waals surface area contributed by atoms with E-state index in [9.17, 15) is 22.0 Å². The fraction of sp³-hybridized carbons (Fsp3) is 0. The molecule has 0 fully saturated rings. The third-order valence-electron chi connectivity index (χ3n) is 4.02. The molecule has 4 nitrogen and oxygen atoms in total. The van der Waals surface area contributed by atoms with Crippen molar-refractivity contribution in [3.63, 3.8) is 0 Å². The van der Waals surface area contributed by atoms with E-state index < -0.39 is 27.4 Å². The van der Waals surface area contributed by atoms with Crippen LogP contribution in [-0.4, -0.2) is 19.5 Å². The van der Waals surface area contributed by atoms with E-state index in [1.807, 2.05) is 0 Å². The van der Waals surface area contributed by atoms with Gasteiger partial charge in [0.15, 0.2) is 0 Å². The van der Waals surface area contributed by atoms with Gasteiger partial charge in [-0.15, -0.1) is 0 Å². The Kier molecular flexibility index (Phi) is 5.37. The number of hydrogen-bond acceptors (Lipinski definition) is 3. The quantitative estimate of drug-likeness (QED) is 0.632. The first kappa shape index (κ1) is 19.4. The Balaban J connectivity index is 1.83. The van der Waals surface area contributed by atoms with Crippen LogP contribution >= 0.6 is 0 Å². The van der Waals surface area contributed by atoms with Crippen molar-refractivity contribution in [2.24, 2.45) is 0 Å². The zero-order valence-electron chi connectivity index (χ0n) is 14.3. The third-order valence-corrected chi connectivity index (χ3v) is 5.81. The van der Waals surface area contributed by atoms with Gasteiger partial charge in [0.2, 0.25) is 9.84 Å². The van der Waals surface area contributed by atoms with Crippen molar-refractivity contribution < 1.29 is 27.1 Å². The highest BCUT2D eigenvalue weighted by Crippen LogP contribution is 2.22. The van der Waals surface area contributed by atoms with Crippen LogP contribution in [0.3, 0.4) is 0 Å². The lowest BCUT2D eigenvalue weighted by Gasteiger charge is -2.06. The second kappa shape index (κ2) is 7.74. The SMILES string of the molecule is O=C(O)c1ccc(S(=O)(=O)c2ccc(/C=C/c3ccc(F)cc3F)cc2)cc1. The van der Waals surface area contributed by atoms with Crippen LogP contribution < -0.4 is 0 Å². The van der Waals surface area contributed by atoms with E-state index in [2.05, 4.69) is 0 Å². The molecular weight excluding hydrogens is 386 g/mol. The van der Waals surface area contributed by atoms with Gasteiger partial charge in [0.25, 0.3) is 0 Å². The second-order valence-corrected chi connectivity index (χ2v) is 7.85. The molecule has 0 saturated carbocycles. The first-order valence-corrected chi connectivity index (χ1v) is 9.57. The molecule has 28 heavy (non-hydrogen) atoms. The highest BCUT2D eigenvalue weighted by molar-refractivity contribution is 7.91. The molecule has 0 saturated heterocycles. The minimum absolute atomic E-state index is 0.00698. The van der Waals surface area contributed by atoms with Crippen LogP contribution in [0.5, 0.6) is 0 Å². The maximum absolute atomic E-state index is 13.6. The molecule has 0 aliphatic rings. The smallest absolute Gasteiger partial charge is 0.335 e. The van der Waals surface area contributed by atoms with Crippen LogP contribution in [0, 0.1) is 11.6 Å². The van der Waals surface area contributed by atoms with Gasteiger partial charge in [0.05, 0.1) is 15.4 Å². The molecule has 3 aromatic rings. The summed E-state index contributed by atoms with van der Waals surface area (Å²) in [6.07, 6.45) is 3.04. The van der Waals surface area contributed by atoms with Crippen molar-refractivity contribution in [3.05, 3.63) is 95.1 Å². The summed E-state index contributed by atoms with van der Waals surface area (Å²) in [5.41, 5.74) is 0.827. The van der Waals surface area contributed by atoms with Gasteiger partial charge < -0.3 is 5.11 Å². The van der Waals surface area contributed by atoms with E-state index in [0.29, 0.717) is 5.56 Å². The number of carboxylic acid groups (broad SMARTS) is 1. The number of aromatic carboxylic acids is 1. The summed E-state index contributed by atoms with van der Waals surface area (Å²) in [5, 5.41) is 8.89. The summed E-state index contributed by atoms with van der Waals surface area (Å²) in [6.45, 7) is 0. The zero-order valence-corrected chi connectivity index (χ0v) is 15.2. The fourth-order valence-electron chi connectivity index (χ4n) is 2.49. The largest absolute Gasteiger partial charge is 0.478 e. The minimum atomic E-state index is -3.80. The molecule has 142 valence electrons. The van der Waals surface area contributed by atoms with Gasteiger partial charge in [0.1, 0.15) is 11.6 Å². The van der Waals surface area contributed by atoms with Crippen LogP contribution in [0.2, 0.25) is 0 Å². The number of hydrogen-bond donors (Lipinski definition) is 1. The zero-order chi connectivity index (χ0) is 20.3. The average molecular weight is 400 g/mol. The molecule has 0 aliphatic heterocycles. The fourth-order valence-corrected chi connectivity index (χ4v) is 3.75. The molecule has 3 aromatic carbocycles. The van der Waals surface area contributed by atoms with Gasteiger partial charge >= 0.3 is 5.97 Å². The molecule has 0 heterocycles. The van der Waals surface area contributed by atoms with Gasteiger partial charge in [-0.25, -0.2) is 22.0 Å². The van der Waals surface area contributed by atoms with E-state index in [0.717, 1.165) is 12.1 Å². The van der Waals surface area contributed by atoms with Crippen molar-refractivity contribution in [1.82, 2.24) is 0 Å². The number of carbonyl (C=O) groups is 1.